The third kappa shape index (κ3) is 3.26. The van der Waals surface area contributed by atoms with E-state index in [1.807, 2.05) is 24.9 Å². The minimum absolute atomic E-state index is 0.0798. The average Bonchev–Trinajstić information content (AvgIpc) is 3.28. The van der Waals surface area contributed by atoms with Crippen molar-refractivity contribution < 1.29 is 9.59 Å². The SMILES string of the molecule is Cc1nsc(NC(=O)C[C@H]2CC[C@H]3[C@@H]4CC[C@H]5N(C)C(=O)C=C[C@]5(C)[C@H]4CC[C@]23C)n1. The Morgan fingerprint density at radius 1 is 1.23 bits per heavy atom. The summed E-state index contributed by atoms with van der Waals surface area (Å²) in [6.45, 7) is 6.69. The third-order valence-corrected chi connectivity index (χ3v) is 10.3. The highest BCUT2D eigenvalue weighted by Crippen LogP contribution is 2.65. The maximum atomic E-state index is 12.8. The zero-order chi connectivity index (χ0) is 22.0. The number of likely N-dealkylation sites (N-methyl/N-ethyl adjacent to an activating group) is 1. The molecule has 3 fully saturated rings. The standard InChI is InChI=1S/C24H34N4O2S/c1-14-25-22(31-27-14)26-20(29)13-15-5-7-17-16-6-8-19-24(3,12-10-21(30)28(19)4)18(16)9-11-23(15,17)2/h10,12,15-19H,5-9,11,13H2,1-4H3,(H,25,26,27,29)/t15-,16+,17+,18+,19-,23-,24-/m1/s1. The predicted octanol–water partition coefficient (Wildman–Crippen LogP) is 4.43. The second kappa shape index (κ2) is 7.39. The molecular weight excluding hydrogens is 408 g/mol. The number of aryl methyl sites for hydroxylation is 1. The van der Waals surface area contributed by atoms with Crippen LogP contribution in [0.15, 0.2) is 12.2 Å². The number of anilines is 1. The molecule has 31 heavy (non-hydrogen) atoms. The summed E-state index contributed by atoms with van der Waals surface area (Å²) in [7, 11) is 1.98. The van der Waals surface area contributed by atoms with E-state index in [9.17, 15) is 9.59 Å². The first-order valence-corrected chi connectivity index (χ1v) is 12.6. The lowest BCUT2D eigenvalue weighted by atomic mass is 9.47. The molecule has 0 saturated heterocycles. The van der Waals surface area contributed by atoms with E-state index in [4.69, 9.17) is 0 Å². The molecule has 1 aromatic rings. The van der Waals surface area contributed by atoms with Crippen LogP contribution in [0.5, 0.6) is 0 Å². The van der Waals surface area contributed by atoms with E-state index >= 15 is 0 Å². The molecule has 0 bridgehead atoms. The molecule has 7 heteroatoms. The maximum absolute atomic E-state index is 12.8. The fourth-order valence-electron chi connectivity index (χ4n) is 7.92. The number of rotatable bonds is 3. The summed E-state index contributed by atoms with van der Waals surface area (Å²) in [5, 5.41) is 3.58. The highest BCUT2D eigenvalue weighted by atomic mass is 32.1. The van der Waals surface area contributed by atoms with Gasteiger partial charge in [0.15, 0.2) is 0 Å². The highest BCUT2D eigenvalue weighted by Gasteiger charge is 2.60. The average molecular weight is 443 g/mol. The number of hydrogen-bond acceptors (Lipinski definition) is 5. The van der Waals surface area contributed by atoms with Crippen LogP contribution in [-0.2, 0) is 9.59 Å². The van der Waals surface area contributed by atoms with Crippen molar-refractivity contribution in [2.75, 3.05) is 12.4 Å². The van der Waals surface area contributed by atoms with E-state index in [2.05, 4.69) is 34.6 Å². The molecule has 1 N–H and O–H groups in total. The van der Waals surface area contributed by atoms with E-state index in [1.54, 1.807) is 0 Å². The van der Waals surface area contributed by atoms with Gasteiger partial charge in [-0.15, -0.1) is 0 Å². The van der Waals surface area contributed by atoms with E-state index in [0.29, 0.717) is 47.1 Å². The minimum atomic E-state index is 0.0798. The van der Waals surface area contributed by atoms with Gasteiger partial charge in [-0.1, -0.05) is 19.9 Å². The number of carbonyl (C=O) groups is 2. The summed E-state index contributed by atoms with van der Waals surface area (Å²) < 4.78 is 4.16. The van der Waals surface area contributed by atoms with Gasteiger partial charge in [0.2, 0.25) is 16.9 Å². The first-order valence-electron chi connectivity index (χ1n) is 11.8. The molecule has 2 amide bonds. The van der Waals surface area contributed by atoms with Crippen LogP contribution in [0, 0.1) is 41.4 Å². The molecule has 0 aromatic carbocycles. The summed E-state index contributed by atoms with van der Waals surface area (Å²) in [6, 6.07) is 0.328. The Labute approximate surface area is 189 Å². The molecule has 5 rings (SSSR count). The number of carbonyl (C=O) groups excluding carboxylic acids is 2. The molecule has 6 nitrogen and oxygen atoms in total. The van der Waals surface area contributed by atoms with Gasteiger partial charge in [-0.3, -0.25) is 9.59 Å². The molecule has 3 aliphatic carbocycles. The summed E-state index contributed by atoms with van der Waals surface area (Å²) in [5.41, 5.74) is 0.316. The van der Waals surface area contributed by atoms with Gasteiger partial charge in [-0.05, 0) is 80.6 Å². The van der Waals surface area contributed by atoms with Crippen LogP contribution in [0.2, 0.25) is 0 Å². The molecule has 0 radical (unpaired) electrons. The van der Waals surface area contributed by atoms with Gasteiger partial charge in [0.25, 0.3) is 0 Å². The Kier molecular flexibility index (Phi) is 5.03. The van der Waals surface area contributed by atoms with Crippen molar-refractivity contribution in [2.45, 2.75) is 71.8 Å². The monoisotopic (exact) mass is 442 g/mol. The molecule has 7 atom stereocenters. The smallest absolute Gasteiger partial charge is 0.246 e. The molecule has 168 valence electrons. The van der Waals surface area contributed by atoms with Crippen LogP contribution >= 0.6 is 11.5 Å². The maximum Gasteiger partial charge on any atom is 0.246 e. The first-order chi connectivity index (χ1) is 14.7. The number of aromatic nitrogens is 2. The fraction of sp³-hybridized carbons (Fsp3) is 0.750. The number of amides is 2. The Morgan fingerprint density at radius 2 is 2.03 bits per heavy atom. The molecule has 2 heterocycles. The molecule has 1 aromatic heterocycles. The van der Waals surface area contributed by atoms with Crippen LogP contribution in [-0.4, -0.2) is 39.2 Å². The Hall–Kier alpha value is -1.76. The van der Waals surface area contributed by atoms with Gasteiger partial charge in [0.05, 0.1) is 0 Å². The third-order valence-electron chi connectivity index (χ3n) is 9.53. The highest BCUT2D eigenvalue weighted by molar-refractivity contribution is 7.09. The van der Waals surface area contributed by atoms with Gasteiger partial charge < -0.3 is 10.2 Å². The van der Waals surface area contributed by atoms with Crippen LogP contribution in [0.25, 0.3) is 0 Å². The Balaban J connectivity index is 1.32. The lowest BCUT2D eigenvalue weighted by Gasteiger charge is -2.60. The first kappa shape index (κ1) is 21.1. The molecule has 0 spiro atoms. The van der Waals surface area contributed by atoms with E-state index in [1.165, 1.54) is 37.2 Å². The van der Waals surface area contributed by atoms with E-state index in [0.717, 1.165) is 12.8 Å². The number of fused-ring (bicyclic) bond motifs is 5. The largest absolute Gasteiger partial charge is 0.338 e. The van der Waals surface area contributed by atoms with Gasteiger partial charge >= 0.3 is 0 Å². The van der Waals surface area contributed by atoms with Crippen molar-refractivity contribution in [3.63, 3.8) is 0 Å². The normalized spacial score (nSPS) is 41.5. The molecular formula is C24H34N4O2S. The zero-order valence-corrected chi connectivity index (χ0v) is 19.9. The number of nitrogens with one attached hydrogen (secondary N) is 1. The van der Waals surface area contributed by atoms with Gasteiger partial charge in [0.1, 0.15) is 5.82 Å². The fourth-order valence-corrected chi connectivity index (χ4v) is 8.52. The predicted molar refractivity (Wildman–Crippen MR) is 121 cm³/mol. The lowest BCUT2D eigenvalue weighted by Crippen LogP contribution is -2.59. The summed E-state index contributed by atoms with van der Waals surface area (Å²) in [4.78, 5) is 31.3. The van der Waals surface area contributed by atoms with Crippen molar-refractivity contribution in [2.24, 2.45) is 34.5 Å². The van der Waals surface area contributed by atoms with Crippen molar-refractivity contribution in [1.29, 1.82) is 0 Å². The van der Waals surface area contributed by atoms with Crippen LogP contribution in [0.3, 0.4) is 0 Å². The van der Waals surface area contributed by atoms with E-state index in [-0.39, 0.29) is 22.6 Å². The Bertz CT molecular complexity index is 928. The van der Waals surface area contributed by atoms with Crippen molar-refractivity contribution >= 4 is 28.5 Å². The number of hydrogen-bond donors (Lipinski definition) is 1. The van der Waals surface area contributed by atoms with E-state index < -0.39 is 0 Å². The van der Waals surface area contributed by atoms with Crippen LogP contribution < -0.4 is 5.32 Å². The quantitative estimate of drug-likeness (QED) is 0.751. The summed E-state index contributed by atoms with van der Waals surface area (Å²) in [5.74, 6) is 3.39. The van der Waals surface area contributed by atoms with Crippen molar-refractivity contribution in [3.8, 4) is 0 Å². The van der Waals surface area contributed by atoms with Crippen LogP contribution in [0.1, 0.15) is 64.6 Å². The second-order valence-electron chi connectivity index (χ2n) is 10.8. The Morgan fingerprint density at radius 3 is 2.77 bits per heavy atom. The molecule has 0 unspecified atom stereocenters. The summed E-state index contributed by atoms with van der Waals surface area (Å²) >= 11 is 1.26. The summed E-state index contributed by atoms with van der Waals surface area (Å²) in [6.07, 6.45) is 11.7. The second-order valence-corrected chi connectivity index (χ2v) is 11.6. The molecule has 1 aliphatic heterocycles. The van der Waals surface area contributed by atoms with Crippen LogP contribution in [0.4, 0.5) is 5.13 Å². The lowest BCUT2D eigenvalue weighted by molar-refractivity contribution is -0.139. The minimum Gasteiger partial charge on any atom is -0.338 e. The van der Waals surface area contributed by atoms with Gasteiger partial charge in [0, 0.05) is 36.5 Å². The van der Waals surface area contributed by atoms with Crippen molar-refractivity contribution in [1.82, 2.24) is 14.3 Å². The van der Waals surface area contributed by atoms with Crippen molar-refractivity contribution in [3.05, 3.63) is 18.0 Å². The topological polar surface area (TPSA) is 75.2 Å². The zero-order valence-electron chi connectivity index (χ0n) is 19.1. The molecule has 4 aliphatic rings. The molecule has 3 saturated carbocycles. The number of nitrogens with zero attached hydrogens (tertiary/aromatic N) is 3. The van der Waals surface area contributed by atoms with Gasteiger partial charge in [-0.2, -0.15) is 4.37 Å². The van der Waals surface area contributed by atoms with Gasteiger partial charge in [-0.25, -0.2) is 4.98 Å².